The Labute approximate surface area is 186 Å². The van der Waals surface area contributed by atoms with Gasteiger partial charge in [-0.25, -0.2) is 9.78 Å². The van der Waals surface area contributed by atoms with Crippen LogP contribution < -0.4 is 10.6 Å². The molecule has 3 rings (SSSR count). The maximum Gasteiger partial charge on any atom is 0.328 e. The van der Waals surface area contributed by atoms with Crippen molar-refractivity contribution < 1.29 is 19.1 Å². The number of rotatable bonds is 9. The maximum absolute atomic E-state index is 13.2. The van der Waals surface area contributed by atoms with Crippen LogP contribution in [0.1, 0.15) is 21.6 Å². The number of carbonyl (C=O) groups excluding carboxylic acids is 3. The number of benzene rings is 2. The molecule has 0 fully saturated rings. The lowest BCUT2D eigenvalue weighted by Crippen LogP contribution is -2.53. The third kappa shape index (κ3) is 6.46. The number of carbonyl (C=O) groups is 3. The molecule has 8 heteroatoms. The van der Waals surface area contributed by atoms with Crippen LogP contribution in [0.2, 0.25) is 0 Å². The molecule has 2 amide bonds. The van der Waals surface area contributed by atoms with Crippen LogP contribution >= 0.6 is 0 Å². The number of aromatic nitrogens is 2. The second-order valence-electron chi connectivity index (χ2n) is 7.08. The van der Waals surface area contributed by atoms with E-state index in [1.54, 1.807) is 0 Å². The molecule has 2 atom stereocenters. The van der Waals surface area contributed by atoms with E-state index in [-0.39, 0.29) is 18.5 Å². The summed E-state index contributed by atoms with van der Waals surface area (Å²) in [5.74, 6) is -1.61. The summed E-state index contributed by atoms with van der Waals surface area (Å²) in [4.78, 5) is 46.0. The third-order valence-electron chi connectivity index (χ3n) is 4.79. The number of hydrogen-bond donors (Lipinski definition) is 2. The molecule has 0 radical (unpaired) electrons. The Kier molecular flexibility index (Phi) is 8.02. The van der Waals surface area contributed by atoms with Gasteiger partial charge in [-0.2, -0.15) is 0 Å². The zero-order valence-corrected chi connectivity index (χ0v) is 17.6. The quantitative estimate of drug-likeness (QED) is 0.498. The molecule has 0 aliphatic rings. The number of methoxy groups -OCH3 is 1. The smallest absolute Gasteiger partial charge is 0.328 e. The molecule has 1 aromatic heterocycles. The summed E-state index contributed by atoms with van der Waals surface area (Å²) in [5.41, 5.74) is 1.81. The van der Waals surface area contributed by atoms with Gasteiger partial charge in [-0.1, -0.05) is 60.7 Å². The van der Waals surface area contributed by atoms with Crippen LogP contribution in [0.4, 0.5) is 0 Å². The van der Waals surface area contributed by atoms with Crippen molar-refractivity contribution in [2.75, 3.05) is 7.11 Å². The molecule has 0 aliphatic carbocycles. The van der Waals surface area contributed by atoms with Crippen LogP contribution in [-0.2, 0) is 27.2 Å². The molecule has 3 aromatic rings. The van der Waals surface area contributed by atoms with Gasteiger partial charge in [-0.05, 0) is 11.1 Å². The van der Waals surface area contributed by atoms with Crippen LogP contribution in [0, 0.1) is 0 Å². The fourth-order valence-corrected chi connectivity index (χ4v) is 3.17. The van der Waals surface area contributed by atoms with Crippen molar-refractivity contribution in [3.8, 4) is 0 Å². The van der Waals surface area contributed by atoms with E-state index >= 15 is 0 Å². The minimum absolute atomic E-state index is 0.0900. The first-order valence-corrected chi connectivity index (χ1v) is 10.1. The molecule has 8 nitrogen and oxygen atoms in total. The second-order valence-corrected chi connectivity index (χ2v) is 7.08. The van der Waals surface area contributed by atoms with E-state index in [2.05, 4.69) is 20.6 Å². The molecular weight excluding hydrogens is 408 g/mol. The molecule has 164 valence electrons. The summed E-state index contributed by atoms with van der Waals surface area (Å²) in [6, 6.07) is 16.7. The Morgan fingerprint density at radius 3 is 1.97 bits per heavy atom. The van der Waals surface area contributed by atoms with E-state index < -0.39 is 29.9 Å². The molecule has 1 heterocycles. The topological polar surface area (TPSA) is 110 Å². The maximum atomic E-state index is 13.2. The molecule has 0 bridgehead atoms. The van der Waals surface area contributed by atoms with Crippen LogP contribution in [0.25, 0.3) is 0 Å². The number of amides is 2. The summed E-state index contributed by atoms with van der Waals surface area (Å²) in [6.45, 7) is 0. The summed E-state index contributed by atoms with van der Waals surface area (Å²) >= 11 is 0. The van der Waals surface area contributed by atoms with Gasteiger partial charge in [0.25, 0.3) is 5.91 Å². The summed E-state index contributed by atoms with van der Waals surface area (Å²) in [7, 11) is 1.27. The monoisotopic (exact) mass is 432 g/mol. The molecule has 2 N–H and O–H groups in total. The highest BCUT2D eigenvalue weighted by molar-refractivity contribution is 5.96. The van der Waals surface area contributed by atoms with Crippen molar-refractivity contribution in [2.45, 2.75) is 24.9 Å². The summed E-state index contributed by atoms with van der Waals surface area (Å²) in [5, 5.41) is 5.43. The van der Waals surface area contributed by atoms with Crippen LogP contribution in [0.5, 0.6) is 0 Å². The second kappa shape index (κ2) is 11.4. The number of hydrogen-bond acceptors (Lipinski definition) is 6. The van der Waals surface area contributed by atoms with Crippen molar-refractivity contribution in [1.29, 1.82) is 0 Å². The molecule has 32 heavy (non-hydrogen) atoms. The van der Waals surface area contributed by atoms with Gasteiger partial charge in [0, 0.05) is 25.2 Å². The number of ether oxygens (including phenoxy) is 1. The van der Waals surface area contributed by atoms with Gasteiger partial charge in [0.2, 0.25) is 5.91 Å². The van der Waals surface area contributed by atoms with Gasteiger partial charge in [0.1, 0.15) is 17.8 Å². The third-order valence-corrected chi connectivity index (χ3v) is 4.79. The summed E-state index contributed by atoms with van der Waals surface area (Å²) in [6.07, 6.45) is 4.66. The first-order chi connectivity index (χ1) is 15.6. The SMILES string of the molecule is COC(=O)[C@H](Cc1ccccc1)NC(=O)[C@H](Cc1ccccc1)NC(=O)c1cnccn1. The van der Waals surface area contributed by atoms with Crippen molar-refractivity contribution in [3.63, 3.8) is 0 Å². The number of nitrogens with one attached hydrogen (secondary N) is 2. The Balaban J connectivity index is 1.78. The minimum Gasteiger partial charge on any atom is -0.467 e. The zero-order valence-electron chi connectivity index (χ0n) is 17.6. The van der Waals surface area contributed by atoms with Gasteiger partial charge in [-0.15, -0.1) is 0 Å². The first-order valence-electron chi connectivity index (χ1n) is 10.1. The van der Waals surface area contributed by atoms with Gasteiger partial charge in [0.15, 0.2) is 0 Å². The molecule has 0 aliphatic heterocycles. The average Bonchev–Trinajstić information content (AvgIpc) is 2.84. The van der Waals surface area contributed by atoms with Crippen molar-refractivity contribution in [3.05, 3.63) is 96.1 Å². The highest BCUT2D eigenvalue weighted by Crippen LogP contribution is 2.08. The minimum atomic E-state index is -0.935. The van der Waals surface area contributed by atoms with Crippen LogP contribution in [0.3, 0.4) is 0 Å². The van der Waals surface area contributed by atoms with Gasteiger partial charge in [0.05, 0.1) is 13.3 Å². The molecule has 0 saturated carbocycles. The molecule has 0 saturated heterocycles. The highest BCUT2D eigenvalue weighted by Gasteiger charge is 2.28. The average molecular weight is 432 g/mol. The zero-order chi connectivity index (χ0) is 22.8. The van der Waals surface area contributed by atoms with E-state index in [9.17, 15) is 14.4 Å². The van der Waals surface area contributed by atoms with Gasteiger partial charge in [-0.3, -0.25) is 14.6 Å². The number of esters is 1. The van der Waals surface area contributed by atoms with E-state index in [1.165, 1.54) is 25.7 Å². The van der Waals surface area contributed by atoms with Crippen molar-refractivity contribution in [2.24, 2.45) is 0 Å². The first kappa shape index (κ1) is 22.6. The van der Waals surface area contributed by atoms with Crippen molar-refractivity contribution >= 4 is 17.8 Å². The van der Waals surface area contributed by atoms with Crippen molar-refractivity contribution in [1.82, 2.24) is 20.6 Å². The van der Waals surface area contributed by atoms with E-state index in [0.29, 0.717) is 0 Å². The lowest BCUT2D eigenvalue weighted by atomic mass is 10.0. The van der Waals surface area contributed by atoms with E-state index in [1.807, 2.05) is 60.7 Å². The van der Waals surface area contributed by atoms with E-state index in [0.717, 1.165) is 11.1 Å². The Bertz CT molecular complexity index is 1030. The Morgan fingerprint density at radius 2 is 1.44 bits per heavy atom. The van der Waals surface area contributed by atoms with Crippen LogP contribution in [-0.4, -0.2) is 46.9 Å². The van der Waals surface area contributed by atoms with Crippen LogP contribution in [0.15, 0.2) is 79.3 Å². The lowest BCUT2D eigenvalue weighted by molar-refractivity contribution is -0.145. The highest BCUT2D eigenvalue weighted by atomic mass is 16.5. The lowest BCUT2D eigenvalue weighted by Gasteiger charge is -2.22. The molecule has 0 unspecified atom stereocenters. The fraction of sp³-hybridized carbons (Fsp3) is 0.208. The predicted molar refractivity (Wildman–Crippen MR) is 118 cm³/mol. The largest absolute Gasteiger partial charge is 0.467 e. The van der Waals surface area contributed by atoms with Gasteiger partial charge >= 0.3 is 5.97 Å². The molecule has 2 aromatic carbocycles. The Morgan fingerprint density at radius 1 is 0.844 bits per heavy atom. The molecule has 0 spiro atoms. The number of nitrogens with zero attached hydrogens (tertiary/aromatic N) is 2. The van der Waals surface area contributed by atoms with Gasteiger partial charge < -0.3 is 15.4 Å². The Hall–Kier alpha value is -4.07. The predicted octanol–water partition coefficient (Wildman–Crippen LogP) is 1.72. The summed E-state index contributed by atoms with van der Waals surface area (Å²) < 4.78 is 4.87. The normalized spacial score (nSPS) is 12.3. The fourth-order valence-electron chi connectivity index (χ4n) is 3.17. The molecular formula is C24H24N4O4. The standard InChI is InChI=1S/C24H24N4O4/c1-32-24(31)20(15-18-10-6-3-7-11-18)28-22(29)19(14-17-8-4-2-5-9-17)27-23(30)21-16-25-12-13-26-21/h2-13,16,19-20H,14-15H2,1H3,(H,27,30)(H,28,29)/t19-,20-/m0/s1. The van der Waals surface area contributed by atoms with E-state index in [4.69, 9.17) is 4.74 Å².